The molecule has 0 aliphatic carbocycles. The number of carbonyl (C=O) groups excluding carboxylic acids is 1. The Morgan fingerprint density at radius 3 is 1.88 bits per heavy atom. The molecule has 0 amide bonds. The summed E-state index contributed by atoms with van der Waals surface area (Å²) in [5.41, 5.74) is 0. The highest BCUT2D eigenvalue weighted by atomic mass is 16.1. The Kier molecular flexibility index (Phi) is 12.2. The van der Waals surface area contributed by atoms with Crippen LogP contribution in [0.5, 0.6) is 0 Å². The Labute approximate surface area is 51.1 Å². The zero-order chi connectivity index (χ0) is 6.99. The predicted molar refractivity (Wildman–Crippen MR) is 35.5 cm³/mol. The van der Waals surface area contributed by atoms with Crippen LogP contribution in [0, 0.1) is 12.8 Å². The van der Waals surface area contributed by atoms with Crippen molar-refractivity contribution >= 4 is 5.78 Å². The van der Waals surface area contributed by atoms with E-state index in [-0.39, 0.29) is 5.78 Å². The van der Waals surface area contributed by atoms with Gasteiger partial charge in [-0.3, -0.25) is 0 Å². The second kappa shape index (κ2) is 9.52. The van der Waals surface area contributed by atoms with E-state index in [4.69, 9.17) is 0 Å². The van der Waals surface area contributed by atoms with Gasteiger partial charge in [0.15, 0.2) is 0 Å². The van der Waals surface area contributed by atoms with Gasteiger partial charge in [0.05, 0.1) is 0 Å². The Morgan fingerprint density at radius 2 is 1.88 bits per heavy atom. The second-order valence-electron chi connectivity index (χ2n) is 1.45. The fraction of sp³-hybridized carbons (Fsp3) is 0.571. The van der Waals surface area contributed by atoms with Crippen LogP contribution in [0.3, 0.4) is 0 Å². The zero-order valence-electron chi connectivity index (χ0n) is 5.48. The normalized spacial score (nSPS) is 6.50. The number of hydrogen-bond acceptors (Lipinski definition) is 1. The number of carbonyl (C=O) groups is 1. The lowest BCUT2D eigenvalue weighted by Gasteiger charge is -1.80. The average molecular weight is 112 g/mol. The van der Waals surface area contributed by atoms with Crippen LogP contribution in [0.2, 0.25) is 0 Å². The fourth-order valence-electron chi connectivity index (χ4n) is 0.352. The number of Topliss-reactive ketones (excluding diaryl/α,β-unsaturated/α-hetero) is 1. The molecule has 0 saturated heterocycles. The van der Waals surface area contributed by atoms with Gasteiger partial charge in [0, 0.05) is 6.42 Å². The van der Waals surface area contributed by atoms with E-state index in [1.165, 1.54) is 0 Å². The van der Waals surface area contributed by atoms with E-state index >= 15 is 0 Å². The van der Waals surface area contributed by atoms with E-state index in [0.717, 1.165) is 12.8 Å². The lowest BCUT2D eigenvalue weighted by molar-refractivity contribution is -0.117. The van der Waals surface area contributed by atoms with Crippen molar-refractivity contribution in [1.29, 1.82) is 0 Å². The van der Waals surface area contributed by atoms with E-state index in [2.05, 4.69) is 12.8 Å². The van der Waals surface area contributed by atoms with Crippen LogP contribution in [0.4, 0.5) is 0 Å². The van der Waals surface area contributed by atoms with E-state index in [1.807, 2.05) is 6.92 Å². The summed E-state index contributed by atoms with van der Waals surface area (Å²) in [7, 11) is 0. The molecule has 0 aromatic rings. The third-order valence-electron chi connectivity index (χ3n) is 0.602. The van der Waals surface area contributed by atoms with Crippen LogP contribution >= 0.6 is 0 Å². The fourth-order valence-corrected chi connectivity index (χ4v) is 0.352. The minimum Gasteiger partial charge on any atom is -0.300 e. The molecule has 0 aliphatic rings. The zero-order valence-corrected chi connectivity index (χ0v) is 5.48. The molecule has 0 N–H and O–H groups in total. The molecule has 0 fully saturated rings. The molecule has 0 bridgehead atoms. The van der Waals surface area contributed by atoms with Gasteiger partial charge < -0.3 is 4.79 Å². The molecule has 0 atom stereocenters. The monoisotopic (exact) mass is 112 g/mol. The molecular weight excluding hydrogens is 100 g/mol. The molecule has 0 aromatic heterocycles. The second-order valence-corrected chi connectivity index (χ2v) is 1.45. The van der Waals surface area contributed by atoms with Gasteiger partial charge in [-0.15, -0.1) is 12.8 Å². The van der Waals surface area contributed by atoms with Crippen molar-refractivity contribution in [3.05, 3.63) is 0 Å². The predicted octanol–water partition coefficient (Wildman–Crippen LogP) is 1.62. The van der Waals surface area contributed by atoms with Crippen LogP contribution in [-0.2, 0) is 4.79 Å². The van der Waals surface area contributed by atoms with Crippen LogP contribution in [0.1, 0.15) is 26.7 Å². The standard InChI is InChI=1S/C5H10O.C2H2/c1-3-4-5(2)6;1-2/h3-4H2,1-2H3;1-2H. The summed E-state index contributed by atoms with van der Waals surface area (Å²) in [6.45, 7) is 3.62. The Balaban J connectivity index is 0. The molecule has 0 aromatic carbocycles. The van der Waals surface area contributed by atoms with Crippen molar-refractivity contribution in [2.24, 2.45) is 0 Å². The van der Waals surface area contributed by atoms with Crippen LogP contribution in [0.25, 0.3) is 0 Å². The summed E-state index contributed by atoms with van der Waals surface area (Å²) in [5.74, 6) is 0.289. The number of hydrogen-bond donors (Lipinski definition) is 0. The van der Waals surface area contributed by atoms with Gasteiger partial charge in [-0.05, 0) is 13.3 Å². The summed E-state index contributed by atoms with van der Waals surface area (Å²) < 4.78 is 0. The Bertz CT molecular complexity index is 71.7. The molecule has 46 valence electrons. The van der Waals surface area contributed by atoms with E-state index in [1.54, 1.807) is 6.92 Å². The van der Waals surface area contributed by atoms with Gasteiger partial charge in [0.1, 0.15) is 5.78 Å². The van der Waals surface area contributed by atoms with Gasteiger partial charge in [-0.1, -0.05) is 6.92 Å². The lowest BCUT2D eigenvalue weighted by atomic mass is 10.3. The Hall–Kier alpha value is -0.770. The maximum absolute atomic E-state index is 10.0. The largest absolute Gasteiger partial charge is 0.300 e. The van der Waals surface area contributed by atoms with Gasteiger partial charge in [-0.2, -0.15) is 0 Å². The summed E-state index contributed by atoms with van der Waals surface area (Å²) in [6.07, 6.45) is 9.72. The summed E-state index contributed by atoms with van der Waals surface area (Å²) >= 11 is 0. The smallest absolute Gasteiger partial charge is 0.129 e. The average Bonchev–Trinajstić information content (AvgIpc) is 1.72. The first-order valence-electron chi connectivity index (χ1n) is 2.60. The number of terminal acetylenes is 1. The molecule has 0 unspecified atom stereocenters. The number of rotatable bonds is 2. The summed E-state index contributed by atoms with van der Waals surface area (Å²) in [4.78, 5) is 10.0. The maximum Gasteiger partial charge on any atom is 0.129 e. The highest BCUT2D eigenvalue weighted by Gasteiger charge is 1.83. The highest BCUT2D eigenvalue weighted by Crippen LogP contribution is 1.84. The summed E-state index contributed by atoms with van der Waals surface area (Å²) in [5, 5.41) is 0. The molecule has 1 nitrogen and oxygen atoms in total. The molecule has 0 saturated carbocycles. The van der Waals surface area contributed by atoms with Gasteiger partial charge >= 0.3 is 0 Å². The van der Waals surface area contributed by atoms with Crippen molar-refractivity contribution in [3.63, 3.8) is 0 Å². The molecule has 0 aliphatic heterocycles. The van der Waals surface area contributed by atoms with E-state index in [9.17, 15) is 4.79 Å². The lowest BCUT2D eigenvalue weighted by Crippen LogP contribution is -1.84. The van der Waals surface area contributed by atoms with Crippen molar-refractivity contribution < 1.29 is 4.79 Å². The van der Waals surface area contributed by atoms with Crippen LogP contribution < -0.4 is 0 Å². The van der Waals surface area contributed by atoms with Crippen molar-refractivity contribution in [1.82, 2.24) is 0 Å². The van der Waals surface area contributed by atoms with Crippen LogP contribution in [0.15, 0.2) is 0 Å². The van der Waals surface area contributed by atoms with Crippen molar-refractivity contribution in [2.75, 3.05) is 0 Å². The van der Waals surface area contributed by atoms with Gasteiger partial charge in [0.25, 0.3) is 0 Å². The Morgan fingerprint density at radius 1 is 1.50 bits per heavy atom. The van der Waals surface area contributed by atoms with Crippen LogP contribution in [-0.4, -0.2) is 5.78 Å². The first-order chi connectivity index (χ1) is 3.77. The molecule has 0 radical (unpaired) electrons. The molecule has 0 spiro atoms. The van der Waals surface area contributed by atoms with Crippen molar-refractivity contribution in [3.8, 4) is 12.8 Å². The third-order valence-corrected chi connectivity index (χ3v) is 0.602. The molecule has 8 heavy (non-hydrogen) atoms. The molecular formula is C7H12O. The highest BCUT2D eigenvalue weighted by molar-refractivity contribution is 5.75. The van der Waals surface area contributed by atoms with Gasteiger partial charge in [0.2, 0.25) is 0 Å². The topological polar surface area (TPSA) is 17.1 Å². The van der Waals surface area contributed by atoms with E-state index in [0.29, 0.717) is 0 Å². The molecule has 0 heterocycles. The maximum atomic E-state index is 10.0. The first kappa shape index (κ1) is 10.3. The number of ketones is 1. The SMILES string of the molecule is C#C.CCCC(C)=O. The van der Waals surface area contributed by atoms with Crippen molar-refractivity contribution in [2.45, 2.75) is 26.7 Å². The van der Waals surface area contributed by atoms with E-state index < -0.39 is 0 Å². The van der Waals surface area contributed by atoms with Gasteiger partial charge in [-0.25, -0.2) is 0 Å². The minimum atomic E-state index is 0.289. The minimum absolute atomic E-state index is 0.289. The first-order valence-corrected chi connectivity index (χ1v) is 2.60. The molecule has 0 rings (SSSR count). The summed E-state index contributed by atoms with van der Waals surface area (Å²) in [6, 6.07) is 0. The third kappa shape index (κ3) is 18.8. The molecule has 1 heteroatoms. The quantitative estimate of drug-likeness (QED) is 0.496.